The molecule has 5 heteroatoms. The van der Waals surface area contributed by atoms with Crippen LogP contribution in [0.15, 0.2) is 45.8 Å². The lowest BCUT2D eigenvalue weighted by Gasteiger charge is -2.18. The molecule has 2 aromatic rings. The maximum absolute atomic E-state index is 5.61. The number of ether oxygens (including phenoxy) is 3. The third-order valence-electron chi connectivity index (χ3n) is 3.16. The van der Waals surface area contributed by atoms with Crippen LogP contribution in [0.4, 0.5) is 0 Å². The molecule has 110 valence electrons. The van der Waals surface area contributed by atoms with Crippen molar-refractivity contribution < 1.29 is 14.2 Å². The van der Waals surface area contributed by atoms with Crippen molar-refractivity contribution in [3.63, 3.8) is 0 Å². The minimum atomic E-state index is 0.614. The molecule has 0 bridgehead atoms. The molecule has 0 aromatic heterocycles. The first-order valence-corrected chi connectivity index (χ1v) is 8.39. The number of hydrogen-bond acceptors (Lipinski definition) is 4. The van der Waals surface area contributed by atoms with Crippen LogP contribution in [0.2, 0.25) is 0 Å². The zero-order chi connectivity index (χ0) is 14.7. The van der Waals surface area contributed by atoms with Crippen LogP contribution in [0.25, 0.3) is 0 Å². The van der Waals surface area contributed by atoms with E-state index in [2.05, 4.69) is 28.1 Å². The highest BCUT2D eigenvalue weighted by Gasteiger charge is 2.12. The molecule has 0 fully saturated rings. The van der Waals surface area contributed by atoms with Gasteiger partial charge in [0, 0.05) is 15.1 Å². The van der Waals surface area contributed by atoms with Crippen molar-refractivity contribution >= 4 is 27.7 Å². The van der Waals surface area contributed by atoms with Gasteiger partial charge in [-0.2, -0.15) is 0 Å². The summed E-state index contributed by atoms with van der Waals surface area (Å²) in [5.74, 6) is 3.39. The third kappa shape index (κ3) is 3.47. The molecule has 3 rings (SSSR count). The maximum atomic E-state index is 5.61. The zero-order valence-electron chi connectivity index (χ0n) is 11.6. The van der Waals surface area contributed by atoms with Crippen molar-refractivity contribution in [3.8, 4) is 17.2 Å². The standard InChI is InChI=1S/C16H15BrO3S/c1-18-12-2-4-14(17)11(8-12)10-21-13-3-5-15-16(9-13)20-7-6-19-15/h2-5,8-9H,6-7,10H2,1H3. The van der Waals surface area contributed by atoms with Gasteiger partial charge in [-0.3, -0.25) is 0 Å². The number of fused-ring (bicyclic) bond motifs is 1. The lowest BCUT2D eigenvalue weighted by atomic mass is 10.2. The molecule has 21 heavy (non-hydrogen) atoms. The molecule has 0 atom stereocenters. The first-order chi connectivity index (χ1) is 10.3. The van der Waals surface area contributed by atoms with Crippen LogP contribution in [0.1, 0.15) is 5.56 Å². The van der Waals surface area contributed by atoms with Gasteiger partial charge in [-0.25, -0.2) is 0 Å². The summed E-state index contributed by atoms with van der Waals surface area (Å²) in [5.41, 5.74) is 1.20. The number of hydrogen-bond donors (Lipinski definition) is 0. The van der Waals surface area contributed by atoms with Crippen molar-refractivity contribution in [3.05, 3.63) is 46.4 Å². The zero-order valence-corrected chi connectivity index (χ0v) is 14.0. The second kappa shape index (κ2) is 6.62. The molecule has 3 nitrogen and oxygen atoms in total. The Morgan fingerprint density at radius 2 is 1.90 bits per heavy atom. The normalized spacial score (nSPS) is 13.0. The summed E-state index contributed by atoms with van der Waals surface area (Å²) < 4.78 is 17.5. The monoisotopic (exact) mass is 366 g/mol. The van der Waals surface area contributed by atoms with Gasteiger partial charge in [0.25, 0.3) is 0 Å². The summed E-state index contributed by atoms with van der Waals surface area (Å²) in [7, 11) is 1.68. The number of methoxy groups -OCH3 is 1. The Labute approximate surface area is 136 Å². The summed E-state index contributed by atoms with van der Waals surface area (Å²) in [6.07, 6.45) is 0. The molecule has 0 N–H and O–H groups in total. The van der Waals surface area contributed by atoms with Gasteiger partial charge >= 0.3 is 0 Å². The van der Waals surface area contributed by atoms with Gasteiger partial charge in [-0.1, -0.05) is 15.9 Å². The predicted molar refractivity (Wildman–Crippen MR) is 87.7 cm³/mol. The molecule has 0 unspecified atom stereocenters. The highest BCUT2D eigenvalue weighted by Crippen LogP contribution is 2.36. The van der Waals surface area contributed by atoms with E-state index in [0.717, 1.165) is 32.4 Å². The number of halogens is 1. The van der Waals surface area contributed by atoms with E-state index in [4.69, 9.17) is 14.2 Å². The second-order valence-electron chi connectivity index (χ2n) is 4.55. The van der Waals surface area contributed by atoms with Crippen LogP contribution < -0.4 is 14.2 Å². The maximum Gasteiger partial charge on any atom is 0.162 e. The highest BCUT2D eigenvalue weighted by molar-refractivity contribution is 9.10. The van der Waals surface area contributed by atoms with Gasteiger partial charge in [0.2, 0.25) is 0 Å². The lowest BCUT2D eigenvalue weighted by Crippen LogP contribution is -2.15. The Morgan fingerprint density at radius 3 is 2.71 bits per heavy atom. The highest BCUT2D eigenvalue weighted by atomic mass is 79.9. The van der Waals surface area contributed by atoms with Crippen molar-refractivity contribution in [2.75, 3.05) is 20.3 Å². The fraction of sp³-hybridized carbons (Fsp3) is 0.250. The molecule has 0 saturated heterocycles. The Kier molecular flexibility index (Phi) is 4.60. The average Bonchev–Trinajstić information content (AvgIpc) is 2.54. The van der Waals surface area contributed by atoms with E-state index >= 15 is 0 Å². The molecule has 1 aliphatic rings. The van der Waals surface area contributed by atoms with Gasteiger partial charge in [0.15, 0.2) is 11.5 Å². The van der Waals surface area contributed by atoms with E-state index in [9.17, 15) is 0 Å². The molecule has 1 aliphatic heterocycles. The van der Waals surface area contributed by atoms with E-state index in [-0.39, 0.29) is 0 Å². The summed E-state index contributed by atoms with van der Waals surface area (Å²) in [4.78, 5) is 1.16. The molecule has 0 amide bonds. The van der Waals surface area contributed by atoms with Gasteiger partial charge in [0.05, 0.1) is 7.11 Å². The fourth-order valence-electron chi connectivity index (χ4n) is 2.06. The molecule has 0 spiro atoms. The van der Waals surface area contributed by atoms with Crippen LogP contribution in [-0.4, -0.2) is 20.3 Å². The van der Waals surface area contributed by atoms with Gasteiger partial charge in [-0.05, 0) is 42.0 Å². The van der Waals surface area contributed by atoms with E-state index in [0.29, 0.717) is 13.2 Å². The molecule has 1 heterocycles. The lowest BCUT2D eigenvalue weighted by molar-refractivity contribution is 0.171. The molecular formula is C16H15BrO3S. The molecule has 0 saturated carbocycles. The Bertz CT molecular complexity index is 645. The summed E-state index contributed by atoms with van der Waals surface area (Å²) in [6.45, 7) is 1.23. The van der Waals surface area contributed by atoms with E-state index in [1.54, 1.807) is 18.9 Å². The second-order valence-corrected chi connectivity index (χ2v) is 6.45. The quantitative estimate of drug-likeness (QED) is 0.743. The summed E-state index contributed by atoms with van der Waals surface area (Å²) in [5, 5.41) is 0. The van der Waals surface area contributed by atoms with Crippen molar-refractivity contribution in [1.29, 1.82) is 0 Å². The fourth-order valence-corrected chi connectivity index (χ4v) is 3.55. The first kappa shape index (κ1) is 14.6. The van der Waals surface area contributed by atoms with Crippen molar-refractivity contribution in [2.24, 2.45) is 0 Å². The molecule has 0 aliphatic carbocycles. The van der Waals surface area contributed by atoms with E-state index in [1.165, 1.54) is 5.56 Å². The topological polar surface area (TPSA) is 27.7 Å². The molecule has 0 radical (unpaired) electrons. The SMILES string of the molecule is COc1ccc(Br)c(CSc2ccc3c(c2)OCCO3)c1. The average molecular weight is 367 g/mol. The van der Waals surface area contributed by atoms with E-state index < -0.39 is 0 Å². The van der Waals surface area contributed by atoms with Crippen LogP contribution >= 0.6 is 27.7 Å². The van der Waals surface area contributed by atoms with Crippen LogP contribution in [-0.2, 0) is 5.75 Å². The largest absolute Gasteiger partial charge is 0.497 e. The Hall–Kier alpha value is -1.33. The number of thioether (sulfide) groups is 1. The minimum Gasteiger partial charge on any atom is -0.497 e. The molecule has 2 aromatic carbocycles. The summed E-state index contributed by atoms with van der Waals surface area (Å²) in [6, 6.07) is 12.1. The molecular weight excluding hydrogens is 352 g/mol. The number of benzene rings is 2. The first-order valence-electron chi connectivity index (χ1n) is 6.61. The van der Waals surface area contributed by atoms with Crippen LogP contribution in [0.5, 0.6) is 17.2 Å². The van der Waals surface area contributed by atoms with Crippen LogP contribution in [0.3, 0.4) is 0 Å². The van der Waals surface area contributed by atoms with Gasteiger partial charge in [-0.15, -0.1) is 11.8 Å². The minimum absolute atomic E-state index is 0.614. The number of rotatable bonds is 4. The Balaban J connectivity index is 1.73. The van der Waals surface area contributed by atoms with E-state index in [1.807, 2.05) is 24.3 Å². The Morgan fingerprint density at radius 1 is 1.10 bits per heavy atom. The third-order valence-corrected chi connectivity index (χ3v) is 4.98. The van der Waals surface area contributed by atoms with Gasteiger partial charge < -0.3 is 14.2 Å². The van der Waals surface area contributed by atoms with Crippen LogP contribution in [0, 0.1) is 0 Å². The predicted octanol–water partition coefficient (Wildman–Crippen LogP) is 4.52. The summed E-state index contributed by atoms with van der Waals surface area (Å²) >= 11 is 5.34. The van der Waals surface area contributed by atoms with Crippen molar-refractivity contribution in [2.45, 2.75) is 10.6 Å². The van der Waals surface area contributed by atoms with Gasteiger partial charge in [0.1, 0.15) is 19.0 Å². The van der Waals surface area contributed by atoms with Crippen molar-refractivity contribution in [1.82, 2.24) is 0 Å². The smallest absolute Gasteiger partial charge is 0.162 e.